The Labute approximate surface area is 66.3 Å². The molecule has 0 unspecified atom stereocenters. The van der Waals surface area contributed by atoms with Gasteiger partial charge in [-0.15, -0.1) is 0 Å². The number of nitrogens with zero attached hydrogens (tertiary/aromatic N) is 1. The molecule has 1 rings (SSSR count). The second kappa shape index (κ2) is 2.82. The van der Waals surface area contributed by atoms with E-state index in [0.717, 1.165) is 16.9 Å². The molecule has 0 atom stereocenters. The summed E-state index contributed by atoms with van der Waals surface area (Å²) < 4.78 is 0. The van der Waals surface area contributed by atoms with Crippen LogP contribution in [0.5, 0.6) is 0 Å². The third kappa shape index (κ3) is 1.45. The SMILES string of the molecule is CN=C1C=C(C)C(=O)C(C)=C1. The van der Waals surface area contributed by atoms with Gasteiger partial charge < -0.3 is 0 Å². The number of aliphatic imine (C=N–C) groups is 1. The van der Waals surface area contributed by atoms with Crippen LogP contribution in [0.25, 0.3) is 0 Å². The fraction of sp³-hybridized carbons (Fsp3) is 0.333. The molecule has 2 nitrogen and oxygen atoms in total. The van der Waals surface area contributed by atoms with E-state index in [1.54, 1.807) is 19.2 Å². The van der Waals surface area contributed by atoms with Crippen LogP contribution in [0.4, 0.5) is 0 Å². The molecular formula is C9H11NO. The van der Waals surface area contributed by atoms with Crippen LogP contribution in [0.2, 0.25) is 0 Å². The van der Waals surface area contributed by atoms with Crippen LogP contribution in [0.3, 0.4) is 0 Å². The van der Waals surface area contributed by atoms with Crippen molar-refractivity contribution < 1.29 is 4.79 Å². The van der Waals surface area contributed by atoms with Gasteiger partial charge in [-0.25, -0.2) is 0 Å². The maximum atomic E-state index is 11.2. The first kappa shape index (κ1) is 7.92. The number of carbonyl (C=O) groups excluding carboxylic acids is 1. The third-order valence-electron chi connectivity index (χ3n) is 1.70. The lowest BCUT2D eigenvalue weighted by Crippen LogP contribution is -2.10. The van der Waals surface area contributed by atoms with Crippen LogP contribution in [-0.2, 0) is 4.79 Å². The molecule has 0 saturated carbocycles. The molecule has 0 spiro atoms. The minimum atomic E-state index is 0.123. The first-order valence-corrected chi connectivity index (χ1v) is 3.53. The molecule has 0 aromatic rings. The van der Waals surface area contributed by atoms with Crippen LogP contribution in [-0.4, -0.2) is 18.5 Å². The van der Waals surface area contributed by atoms with E-state index in [1.165, 1.54) is 0 Å². The minimum Gasteiger partial charge on any atom is -0.289 e. The van der Waals surface area contributed by atoms with Crippen molar-refractivity contribution in [1.29, 1.82) is 0 Å². The maximum Gasteiger partial charge on any atom is 0.184 e. The summed E-state index contributed by atoms with van der Waals surface area (Å²) in [5, 5.41) is 0. The number of hydrogen-bond donors (Lipinski definition) is 0. The van der Waals surface area contributed by atoms with Gasteiger partial charge in [-0.05, 0) is 37.1 Å². The summed E-state index contributed by atoms with van der Waals surface area (Å²) in [4.78, 5) is 15.2. The Morgan fingerprint density at radius 3 is 2.00 bits per heavy atom. The Hall–Kier alpha value is -1.18. The highest BCUT2D eigenvalue weighted by molar-refractivity contribution is 6.21. The smallest absolute Gasteiger partial charge is 0.184 e. The van der Waals surface area contributed by atoms with Gasteiger partial charge in [0.1, 0.15) is 0 Å². The summed E-state index contributed by atoms with van der Waals surface area (Å²) in [6, 6.07) is 0. The normalized spacial score (nSPS) is 17.7. The average molecular weight is 149 g/mol. The molecular weight excluding hydrogens is 138 g/mol. The van der Waals surface area contributed by atoms with Crippen molar-refractivity contribution in [2.45, 2.75) is 13.8 Å². The fourth-order valence-electron chi connectivity index (χ4n) is 1.06. The van der Waals surface area contributed by atoms with Crippen molar-refractivity contribution in [2.24, 2.45) is 4.99 Å². The van der Waals surface area contributed by atoms with Crippen LogP contribution < -0.4 is 0 Å². The lowest BCUT2D eigenvalue weighted by atomic mass is 9.98. The van der Waals surface area contributed by atoms with Gasteiger partial charge >= 0.3 is 0 Å². The van der Waals surface area contributed by atoms with Crippen LogP contribution in [0.15, 0.2) is 28.3 Å². The van der Waals surface area contributed by atoms with E-state index in [1.807, 2.05) is 13.8 Å². The second-order valence-electron chi connectivity index (χ2n) is 2.63. The molecule has 0 aromatic carbocycles. The van der Waals surface area contributed by atoms with Crippen molar-refractivity contribution >= 4 is 11.5 Å². The average Bonchev–Trinajstić information content (AvgIpc) is 1.99. The summed E-state index contributed by atoms with van der Waals surface area (Å²) in [5.74, 6) is 0.123. The molecule has 11 heavy (non-hydrogen) atoms. The summed E-state index contributed by atoms with van der Waals surface area (Å²) in [6.45, 7) is 3.62. The molecule has 0 bridgehead atoms. The Morgan fingerprint density at radius 1 is 1.18 bits per heavy atom. The van der Waals surface area contributed by atoms with Crippen LogP contribution in [0, 0.1) is 0 Å². The van der Waals surface area contributed by atoms with Gasteiger partial charge in [0.15, 0.2) is 5.78 Å². The van der Waals surface area contributed by atoms with Gasteiger partial charge in [0.25, 0.3) is 0 Å². The van der Waals surface area contributed by atoms with Crippen molar-refractivity contribution in [2.75, 3.05) is 7.05 Å². The third-order valence-corrected chi connectivity index (χ3v) is 1.70. The zero-order valence-electron chi connectivity index (χ0n) is 7.01. The first-order valence-electron chi connectivity index (χ1n) is 3.53. The van der Waals surface area contributed by atoms with E-state index >= 15 is 0 Å². The van der Waals surface area contributed by atoms with E-state index < -0.39 is 0 Å². The highest BCUT2D eigenvalue weighted by atomic mass is 16.1. The van der Waals surface area contributed by atoms with Gasteiger partial charge in [0, 0.05) is 7.05 Å². The van der Waals surface area contributed by atoms with Crippen molar-refractivity contribution in [3.05, 3.63) is 23.3 Å². The van der Waals surface area contributed by atoms with E-state index in [9.17, 15) is 4.79 Å². The quantitative estimate of drug-likeness (QED) is 0.480. The van der Waals surface area contributed by atoms with Crippen molar-refractivity contribution in [3.8, 4) is 0 Å². The molecule has 0 aromatic heterocycles. The topological polar surface area (TPSA) is 29.4 Å². The van der Waals surface area contributed by atoms with Gasteiger partial charge in [-0.2, -0.15) is 0 Å². The Balaban J connectivity index is 3.07. The van der Waals surface area contributed by atoms with Gasteiger partial charge in [-0.1, -0.05) is 0 Å². The summed E-state index contributed by atoms with van der Waals surface area (Å²) in [7, 11) is 1.72. The summed E-state index contributed by atoms with van der Waals surface area (Å²) in [5.41, 5.74) is 2.41. The maximum absolute atomic E-state index is 11.2. The molecule has 0 aliphatic heterocycles. The molecule has 2 heteroatoms. The fourth-order valence-corrected chi connectivity index (χ4v) is 1.06. The number of hydrogen-bond acceptors (Lipinski definition) is 2. The molecule has 0 heterocycles. The molecule has 0 saturated heterocycles. The number of ketones is 1. The molecule has 0 amide bonds. The Morgan fingerprint density at radius 2 is 1.64 bits per heavy atom. The van der Waals surface area contributed by atoms with Crippen molar-refractivity contribution in [3.63, 3.8) is 0 Å². The monoisotopic (exact) mass is 149 g/mol. The van der Waals surface area contributed by atoms with E-state index in [4.69, 9.17) is 0 Å². The number of Topliss-reactive ketones (excluding diaryl/α,β-unsaturated/α-hetero) is 1. The minimum absolute atomic E-state index is 0.123. The summed E-state index contributed by atoms with van der Waals surface area (Å²) in [6.07, 6.45) is 3.60. The number of allylic oxidation sites excluding steroid dienone is 4. The van der Waals surface area contributed by atoms with Crippen LogP contribution >= 0.6 is 0 Å². The van der Waals surface area contributed by atoms with Crippen LogP contribution in [0.1, 0.15) is 13.8 Å². The second-order valence-corrected chi connectivity index (χ2v) is 2.63. The molecule has 58 valence electrons. The van der Waals surface area contributed by atoms with E-state index in [2.05, 4.69) is 4.99 Å². The predicted molar refractivity (Wildman–Crippen MR) is 45.9 cm³/mol. The summed E-state index contributed by atoms with van der Waals surface area (Å²) >= 11 is 0. The molecule has 0 radical (unpaired) electrons. The number of carbonyl (C=O) groups is 1. The molecule has 0 fully saturated rings. The molecule has 1 aliphatic carbocycles. The van der Waals surface area contributed by atoms with Crippen molar-refractivity contribution in [1.82, 2.24) is 0 Å². The Kier molecular flexibility index (Phi) is 2.03. The predicted octanol–water partition coefficient (Wildman–Crippen LogP) is 1.53. The van der Waals surface area contributed by atoms with Gasteiger partial charge in [0.2, 0.25) is 0 Å². The largest absolute Gasteiger partial charge is 0.289 e. The van der Waals surface area contributed by atoms with E-state index in [-0.39, 0.29) is 5.78 Å². The molecule has 1 aliphatic rings. The number of rotatable bonds is 0. The first-order chi connectivity index (χ1) is 5.15. The Bertz CT molecular complexity index is 258. The molecule has 0 N–H and O–H groups in total. The zero-order valence-corrected chi connectivity index (χ0v) is 7.01. The zero-order chi connectivity index (χ0) is 8.43. The highest BCUT2D eigenvalue weighted by Crippen LogP contribution is 2.11. The lowest BCUT2D eigenvalue weighted by molar-refractivity contribution is -0.112. The standard InChI is InChI=1S/C9H11NO/c1-6-4-8(10-3)5-7(2)9(6)11/h4-5H,1-3H3. The van der Waals surface area contributed by atoms with E-state index in [0.29, 0.717) is 0 Å². The lowest BCUT2D eigenvalue weighted by Gasteiger charge is -2.07. The highest BCUT2D eigenvalue weighted by Gasteiger charge is 2.12. The van der Waals surface area contributed by atoms with Gasteiger partial charge in [0.05, 0.1) is 5.71 Å². The van der Waals surface area contributed by atoms with Gasteiger partial charge in [-0.3, -0.25) is 9.79 Å².